The van der Waals surface area contributed by atoms with Crippen LogP contribution in [0.25, 0.3) is 0 Å². The number of hydrogen-bond donors (Lipinski definition) is 1. The molecule has 104 valence electrons. The summed E-state index contributed by atoms with van der Waals surface area (Å²) in [4.78, 5) is 16.1. The van der Waals surface area contributed by atoms with E-state index < -0.39 is 15.7 Å². The zero-order valence-corrected chi connectivity index (χ0v) is 12.9. The molecule has 1 N–H and O–H groups in total. The highest BCUT2D eigenvalue weighted by Gasteiger charge is 2.18. The number of carbonyl (C=O) groups is 1. The van der Waals surface area contributed by atoms with E-state index in [1.807, 2.05) is 0 Å². The fourth-order valence-electron chi connectivity index (χ4n) is 1.61. The fraction of sp³-hybridized carbons (Fsp3) is 0.0769. The molecule has 0 spiro atoms. The number of nitrogens with one attached hydrogen (secondary N) is 1. The second-order valence-corrected chi connectivity index (χ2v) is 6.98. The lowest BCUT2D eigenvalue weighted by molar-refractivity contribution is 0.102. The molecule has 7 heteroatoms. The minimum atomic E-state index is -3.47. The number of halogens is 1. The largest absolute Gasteiger partial charge is 0.307 e. The van der Waals surface area contributed by atoms with Crippen molar-refractivity contribution in [2.75, 3.05) is 11.6 Å². The third-order valence-electron chi connectivity index (χ3n) is 2.50. The van der Waals surface area contributed by atoms with E-state index in [4.69, 9.17) is 0 Å². The van der Waals surface area contributed by atoms with Crippen molar-refractivity contribution in [2.24, 2.45) is 0 Å². The van der Waals surface area contributed by atoms with Gasteiger partial charge in [-0.15, -0.1) is 0 Å². The molecule has 1 aromatic heterocycles. The van der Waals surface area contributed by atoms with Gasteiger partial charge in [-0.05, 0) is 40.2 Å². The van der Waals surface area contributed by atoms with Gasteiger partial charge in [-0.1, -0.05) is 12.1 Å². The van der Waals surface area contributed by atoms with E-state index in [1.165, 1.54) is 18.3 Å². The number of carbonyl (C=O) groups excluding carboxylic acids is 1. The van der Waals surface area contributed by atoms with Crippen molar-refractivity contribution >= 4 is 37.5 Å². The molecule has 0 radical (unpaired) electrons. The van der Waals surface area contributed by atoms with Crippen molar-refractivity contribution in [3.05, 3.63) is 52.6 Å². The van der Waals surface area contributed by atoms with Crippen molar-refractivity contribution in [3.8, 4) is 0 Å². The minimum Gasteiger partial charge on any atom is -0.307 e. The predicted octanol–water partition coefficient (Wildman–Crippen LogP) is 2.50. The standard InChI is InChI=1S/C13H11BrN2O3S/c1-20(18,19)11-5-3-2-4-10(11)13(17)16-12-7-6-9(14)8-15-12/h2-8H,1H3,(H,15,16,17). The van der Waals surface area contributed by atoms with Crippen molar-refractivity contribution in [1.29, 1.82) is 0 Å². The smallest absolute Gasteiger partial charge is 0.258 e. The zero-order chi connectivity index (χ0) is 14.8. The maximum atomic E-state index is 12.1. The van der Waals surface area contributed by atoms with Crippen LogP contribution in [0.5, 0.6) is 0 Å². The Morgan fingerprint density at radius 1 is 1.20 bits per heavy atom. The molecule has 0 aliphatic carbocycles. The number of aromatic nitrogens is 1. The molecule has 0 saturated heterocycles. The van der Waals surface area contributed by atoms with Crippen LogP contribution in [0.4, 0.5) is 5.82 Å². The van der Waals surface area contributed by atoms with Gasteiger partial charge in [0.05, 0.1) is 10.5 Å². The van der Waals surface area contributed by atoms with Crippen LogP contribution in [0.1, 0.15) is 10.4 Å². The van der Waals surface area contributed by atoms with Gasteiger partial charge in [0.15, 0.2) is 9.84 Å². The Morgan fingerprint density at radius 2 is 1.90 bits per heavy atom. The van der Waals surface area contributed by atoms with E-state index in [1.54, 1.807) is 24.3 Å². The molecule has 0 fully saturated rings. The highest BCUT2D eigenvalue weighted by atomic mass is 79.9. The summed E-state index contributed by atoms with van der Waals surface area (Å²) in [7, 11) is -3.47. The van der Waals surface area contributed by atoms with E-state index >= 15 is 0 Å². The maximum absolute atomic E-state index is 12.1. The summed E-state index contributed by atoms with van der Waals surface area (Å²) in [6, 6.07) is 9.39. The number of amides is 1. The van der Waals surface area contributed by atoms with Gasteiger partial charge in [-0.2, -0.15) is 0 Å². The SMILES string of the molecule is CS(=O)(=O)c1ccccc1C(=O)Nc1ccc(Br)cn1. The van der Waals surface area contributed by atoms with Crippen molar-refractivity contribution in [1.82, 2.24) is 4.98 Å². The molecule has 0 saturated carbocycles. The third-order valence-corrected chi connectivity index (χ3v) is 4.12. The van der Waals surface area contributed by atoms with Crippen LogP contribution in [0, 0.1) is 0 Å². The average Bonchev–Trinajstić information content (AvgIpc) is 2.40. The Hall–Kier alpha value is -1.73. The number of hydrogen-bond acceptors (Lipinski definition) is 4. The van der Waals surface area contributed by atoms with Crippen LogP contribution >= 0.6 is 15.9 Å². The molecule has 5 nitrogen and oxygen atoms in total. The van der Waals surface area contributed by atoms with Gasteiger partial charge in [0, 0.05) is 16.9 Å². The van der Waals surface area contributed by atoms with Crippen LogP contribution in [0.3, 0.4) is 0 Å². The van der Waals surface area contributed by atoms with Gasteiger partial charge in [-0.3, -0.25) is 4.79 Å². The maximum Gasteiger partial charge on any atom is 0.258 e. The molecule has 1 amide bonds. The van der Waals surface area contributed by atoms with Gasteiger partial charge in [0.25, 0.3) is 5.91 Å². The zero-order valence-electron chi connectivity index (χ0n) is 10.5. The summed E-state index contributed by atoms with van der Waals surface area (Å²) in [6.45, 7) is 0. The third kappa shape index (κ3) is 3.43. The van der Waals surface area contributed by atoms with Gasteiger partial charge >= 0.3 is 0 Å². The van der Waals surface area contributed by atoms with Crippen LogP contribution < -0.4 is 5.32 Å². The second-order valence-electron chi connectivity index (χ2n) is 4.08. The number of rotatable bonds is 3. The van der Waals surface area contributed by atoms with Crippen molar-refractivity contribution < 1.29 is 13.2 Å². The number of pyridine rings is 1. The molecular formula is C13H11BrN2O3S. The molecular weight excluding hydrogens is 344 g/mol. The molecule has 0 aliphatic rings. The summed E-state index contributed by atoms with van der Waals surface area (Å²) >= 11 is 3.24. The van der Waals surface area contributed by atoms with Crippen LogP contribution in [0.2, 0.25) is 0 Å². The van der Waals surface area contributed by atoms with Crippen LogP contribution in [-0.2, 0) is 9.84 Å². The Bertz CT molecular complexity index is 742. The number of benzene rings is 1. The fourth-order valence-corrected chi connectivity index (χ4v) is 2.73. The first-order valence-electron chi connectivity index (χ1n) is 5.60. The first-order chi connectivity index (χ1) is 9.38. The Morgan fingerprint density at radius 3 is 2.50 bits per heavy atom. The second kappa shape index (κ2) is 5.72. The van der Waals surface area contributed by atoms with E-state index in [0.29, 0.717) is 5.82 Å². The summed E-state index contributed by atoms with van der Waals surface area (Å²) in [5, 5.41) is 2.56. The summed E-state index contributed by atoms with van der Waals surface area (Å²) in [5.41, 5.74) is 0.0970. The molecule has 20 heavy (non-hydrogen) atoms. The monoisotopic (exact) mass is 354 g/mol. The molecule has 1 heterocycles. The molecule has 2 aromatic rings. The normalized spacial score (nSPS) is 11.1. The highest BCUT2D eigenvalue weighted by Crippen LogP contribution is 2.17. The first kappa shape index (κ1) is 14.7. The summed E-state index contributed by atoms with van der Waals surface area (Å²) < 4.78 is 24.1. The van der Waals surface area contributed by atoms with Crippen molar-refractivity contribution in [3.63, 3.8) is 0 Å². The van der Waals surface area contributed by atoms with Crippen molar-refractivity contribution in [2.45, 2.75) is 4.90 Å². The lowest BCUT2D eigenvalue weighted by atomic mass is 10.2. The molecule has 0 aliphatic heterocycles. The van der Waals surface area contributed by atoms with E-state index in [2.05, 4.69) is 26.2 Å². The minimum absolute atomic E-state index is 0.00499. The van der Waals surface area contributed by atoms with Crippen LogP contribution in [-0.4, -0.2) is 25.6 Å². The van der Waals surface area contributed by atoms with E-state index in [9.17, 15) is 13.2 Å². The van der Waals surface area contributed by atoms with Gasteiger partial charge in [0.1, 0.15) is 5.82 Å². The molecule has 0 atom stereocenters. The molecule has 2 rings (SSSR count). The molecule has 0 bridgehead atoms. The lowest BCUT2D eigenvalue weighted by Gasteiger charge is -2.08. The average molecular weight is 355 g/mol. The van der Waals surface area contributed by atoms with Gasteiger partial charge in [-0.25, -0.2) is 13.4 Å². The van der Waals surface area contributed by atoms with E-state index in [-0.39, 0.29) is 10.5 Å². The van der Waals surface area contributed by atoms with E-state index in [0.717, 1.165) is 10.7 Å². The quantitative estimate of drug-likeness (QED) is 0.918. The summed E-state index contributed by atoms with van der Waals surface area (Å²) in [6.07, 6.45) is 2.61. The Kier molecular flexibility index (Phi) is 4.20. The van der Waals surface area contributed by atoms with Gasteiger partial charge < -0.3 is 5.32 Å². The Balaban J connectivity index is 2.33. The highest BCUT2D eigenvalue weighted by molar-refractivity contribution is 9.10. The molecule has 0 unspecified atom stereocenters. The van der Waals surface area contributed by atoms with Gasteiger partial charge in [0.2, 0.25) is 0 Å². The number of anilines is 1. The topological polar surface area (TPSA) is 76.1 Å². The molecule has 1 aromatic carbocycles. The number of sulfone groups is 1. The predicted molar refractivity (Wildman–Crippen MR) is 79.4 cm³/mol. The number of nitrogens with zero attached hydrogens (tertiary/aromatic N) is 1. The lowest BCUT2D eigenvalue weighted by Crippen LogP contribution is -2.16. The first-order valence-corrected chi connectivity index (χ1v) is 8.28. The van der Waals surface area contributed by atoms with Crippen LogP contribution in [0.15, 0.2) is 52.0 Å². The Labute approximate surface area is 125 Å². The summed E-state index contributed by atoms with van der Waals surface area (Å²) in [5.74, 6) is -0.164.